The normalized spacial score (nSPS) is 37.4. The molecule has 0 amide bonds. The van der Waals surface area contributed by atoms with Crippen LogP contribution in [-0.4, -0.2) is 20.6 Å². The maximum atomic E-state index is 4.34. The molecular weight excluding hydrogens is 260 g/mol. The van der Waals surface area contributed by atoms with Crippen LogP contribution in [0.2, 0.25) is 0 Å². The third-order valence-electron chi connectivity index (χ3n) is 6.34. The first kappa shape index (κ1) is 12.2. The zero-order chi connectivity index (χ0) is 13.8. The molecule has 2 aromatic heterocycles. The second kappa shape index (κ2) is 4.54. The molecule has 1 N–H and O–H groups in total. The Balaban J connectivity index is 1.31. The first-order valence-electron chi connectivity index (χ1n) is 8.42. The van der Waals surface area contributed by atoms with Crippen molar-refractivity contribution < 1.29 is 0 Å². The minimum absolute atomic E-state index is 0.713. The third-order valence-corrected chi connectivity index (χ3v) is 6.34. The molecule has 0 spiro atoms. The van der Waals surface area contributed by atoms with E-state index < -0.39 is 0 Å². The summed E-state index contributed by atoms with van der Waals surface area (Å²) in [6.07, 6.45) is 9.39. The van der Waals surface area contributed by atoms with Crippen molar-refractivity contribution in [2.45, 2.75) is 44.7 Å². The van der Waals surface area contributed by atoms with Crippen LogP contribution in [0.25, 0.3) is 5.65 Å². The highest BCUT2D eigenvalue weighted by Crippen LogP contribution is 2.58. The molecule has 2 heterocycles. The van der Waals surface area contributed by atoms with E-state index >= 15 is 0 Å². The second-order valence-corrected chi connectivity index (χ2v) is 7.19. The number of pyridine rings is 1. The maximum absolute atomic E-state index is 4.34. The number of rotatable bonds is 3. The lowest BCUT2D eigenvalue weighted by atomic mass is 9.79. The summed E-state index contributed by atoms with van der Waals surface area (Å²) < 4.78 is 2.10. The minimum atomic E-state index is 0.713. The molecule has 0 aliphatic heterocycles. The Morgan fingerprint density at radius 1 is 1.10 bits per heavy atom. The summed E-state index contributed by atoms with van der Waals surface area (Å²) >= 11 is 0. The summed E-state index contributed by atoms with van der Waals surface area (Å²) in [6.45, 7) is 0.844. The Labute approximate surface area is 125 Å². The van der Waals surface area contributed by atoms with Gasteiger partial charge in [0.25, 0.3) is 0 Å². The number of aromatic nitrogens is 3. The highest BCUT2D eigenvalue weighted by atomic mass is 15.3. The van der Waals surface area contributed by atoms with Gasteiger partial charge in [0, 0.05) is 12.2 Å². The number of hydrogen-bond acceptors (Lipinski definition) is 3. The van der Waals surface area contributed by atoms with Crippen molar-refractivity contribution in [3.8, 4) is 0 Å². The van der Waals surface area contributed by atoms with Crippen molar-refractivity contribution in [3.63, 3.8) is 0 Å². The molecule has 3 saturated carbocycles. The standard InChI is InChI=1S/C17H22N4/c1-2-7-21-16(6-1)19-20-17(21)10-18-15-9-11-8-14(15)13-5-3-4-12(11)13/h1-2,6-7,11-15,18H,3-5,8-10H2/t11-,12+,13+,14+,15-/m1/s1. The fraction of sp³-hybridized carbons (Fsp3) is 0.647. The zero-order valence-electron chi connectivity index (χ0n) is 12.3. The first-order valence-corrected chi connectivity index (χ1v) is 8.42. The summed E-state index contributed by atoms with van der Waals surface area (Å²) in [6, 6.07) is 6.78. The smallest absolute Gasteiger partial charge is 0.160 e. The fourth-order valence-corrected chi connectivity index (χ4v) is 5.54. The zero-order valence-corrected chi connectivity index (χ0v) is 12.3. The third kappa shape index (κ3) is 1.78. The van der Waals surface area contributed by atoms with Gasteiger partial charge in [-0.1, -0.05) is 12.5 Å². The topological polar surface area (TPSA) is 42.2 Å². The molecule has 0 saturated heterocycles. The lowest BCUT2D eigenvalue weighted by Gasteiger charge is -2.32. The molecule has 3 fully saturated rings. The van der Waals surface area contributed by atoms with Gasteiger partial charge < -0.3 is 5.32 Å². The van der Waals surface area contributed by atoms with Crippen LogP contribution in [0.1, 0.15) is 37.9 Å². The fourth-order valence-electron chi connectivity index (χ4n) is 5.54. The largest absolute Gasteiger partial charge is 0.307 e. The van der Waals surface area contributed by atoms with Crippen molar-refractivity contribution in [2.75, 3.05) is 0 Å². The average Bonchev–Trinajstić information content (AvgIpc) is 3.25. The van der Waals surface area contributed by atoms with Crippen LogP contribution in [0, 0.1) is 23.7 Å². The molecule has 3 aliphatic carbocycles. The minimum Gasteiger partial charge on any atom is -0.307 e. The van der Waals surface area contributed by atoms with Crippen molar-refractivity contribution in [3.05, 3.63) is 30.2 Å². The van der Waals surface area contributed by atoms with Gasteiger partial charge >= 0.3 is 0 Å². The quantitative estimate of drug-likeness (QED) is 0.941. The molecule has 2 aromatic rings. The van der Waals surface area contributed by atoms with E-state index in [-0.39, 0.29) is 0 Å². The average molecular weight is 282 g/mol. The van der Waals surface area contributed by atoms with Gasteiger partial charge in [0.05, 0.1) is 6.54 Å². The van der Waals surface area contributed by atoms with Crippen molar-refractivity contribution >= 4 is 5.65 Å². The molecule has 110 valence electrons. The van der Waals surface area contributed by atoms with E-state index in [0.717, 1.165) is 41.7 Å². The van der Waals surface area contributed by atoms with Crippen LogP contribution < -0.4 is 5.32 Å². The van der Waals surface area contributed by atoms with E-state index in [1.807, 2.05) is 18.2 Å². The van der Waals surface area contributed by atoms with Gasteiger partial charge in [-0.15, -0.1) is 10.2 Å². The number of nitrogens with zero attached hydrogens (tertiary/aromatic N) is 3. The molecule has 4 nitrogen and oxygen atoms in total. The number of hydrogen-bond donors (Lipinski definition) is 1. The monoisotopic (exact) mass is 282 g/mol. The lowest BCUT2D eigenvalue weighted by Crippen LogP contribution is -2.39. The number of nitrogens with one attached hydrogen (secondary N) is 1. The Morgan fingerprint density at radius 3 is 3.05 bits per heavy atom. The van der Waals surface area contributed by atoms with Crippen LogP contribution in [0.15, 0.2) is 24.4 Å². The molecule has 21 heavy (non-hydrogen) atoms. The van der Waals surface area contributed by atoms with Crippen LogP contribution >= 0.6 is 0 Å². The molecule has 3 aliphatic rings. The highest BCUT2D eigenvalue weighted by molar-refractivity contribution is 5.36. The van der Waals surface area contributed by atoms with Crippen molar-refractivity contribution in [1.82, 2.24) is 19.9 Å². The van der Waals surface area contributed by atoms with E-state index in [1.165, 1.54) is 32.1 Å². The molecular formula is C17H22N4. The van der Waals surface area contributed by atoms with E-state index in [4.69, 9.17) is 0 Å². The predicted octanol–water partition coefficient (Wildman–Crippen LogP) is 2.64. The molecule has 5 atom stereocenters. The van der Waals surface area contributed by atoms with Gasteiger partial charge in [-0.3, -0.25) is 4.40 Å². The Bertz CT molecular complexity index is 664. The molecule has 0 radical (unpaired) electrons. The molecule has 4 heteroatoms. The van der Waals surface area contributed by atoms with E-state index in [9.17, 15) is 0 Å². The summed E-state index contributed by atoms with van der Waals surface area (Å²) in [4.78, 5) is 0. The van der Waals surface area contributed by atoms with Crippen molar-refractivity contribution in [1.29, 1.82) is 0 Å². The van der Waals surface area contributed by atoms with E-state index in [0.29, 0.717) is 6.04 Å². The summed E-state index contributed by atoms with van der Waals surface area (Å²) in [7, 11) is 0. The molecule has 5 rings (SSSR count). The van der Waals surface area contributed by atoms with Gasteiger partial charge in [-0.05, 0) is 61.5 Å². The van der Waals surface area contributed by atoms with Gasteiger partial charge in [0.1, 0.15) is 0 Å². The lowest BCUT2D eigenvalue weighted by molar-refractivity contribution is 0.207. The Kier molecular flexibility index (Phi) is 2.63. The van der Waals surface area contributed by atoms with Gasteiger partial charge in [-0.2, -0.15) is 0 Å². The van der Waals surface area contributed by atoms with Gasteiger partial charge in [-0.25, -0.2) is 0 Å². The predicted molar refractivity (Wildman–Crippen MR) is 80.7 cm³/mol. The summed E-state index contributed by atoms with van der Waals surface area (Å²) in [5.41, 5.74) is 0.943. The Hall–Kier alpha value is -1.42. The van der Waals surface area contributed by atoms with Crippen LogP contribution in [0.3, 0.4) is 0 Å². The summed E-state index contributed by atoms with van der Waals surface area (Å²) in [5.74, 6) is 5.08. The van der Waals surface area contributed by atoms with E-state index in [2.05, 4.69) is 26.1 Å². The van der Waals surface area contributed by atoms with Crippen LogP contribution in [0.5, 0.6) is 0 Å². The molecule has 0 unspecified atom stereocenters. The van der Waals surface area contributed by atoms with Crippen LogP contribution in [0.4, 0.5) is 0 Å². The van der Waals surface area contributed by atoms with Crippen molar-refractivity contribution in [2.24, 2.45) is 23.7 Å². The first-order chi connectivity index (χ1) is 10.4. The maximum Gasteiger partial charge on any atom is 0.160 e. The van der Waals surface area contributed by atoms with Gasteiger partial charge in [0.15, 0.2) is 11.5 Å². The number of fused-ring (bicyclic) bond motifs is 6. The van der Waals surface area contributed by atoms with Crippen LogP contribution in [-0.2, 0) is 6.54 Å². The molecule has 0 aromatic carbocycles. The summed E-state index contributed by atoms with van der Waals surface area (Å²) in [5, 5.41) is 12.4. The second-order valence-electron chi connectivity index (χ2n) is 7.19. The van der Waals surface area contributed by atoms with E-state index in [1.54, 1.807) is 0 Å². The molecule has 2 bridgehead atoms. The van der Waals surface area contributed by atoms with Gasteiger partial charge in [0.2, 0.25) is 0 Å². The highest BCUT2D eigenvalue weighted by Gasteiger charge is 2.53. The Morgan fingerprint density at radius 2 is 2.05 bits per heavy atom. The SMILES string of the molecule is c1ccn2c(CN[C@@H]3C[C@H]4C[C@H]3[C@H]3CCC[C@@H]43)nnc2c1.